The molecule has 2 rings (SSSR count). The lowest BCUT2D eigenvalue weighted by molar-refractivity contribution is -0.387. The van der Waals surface area contributed by atoms with Gasteiger partial charge in [-0.15, -0.1) is 11.8 Å². The summed E-state index contributed by atoms with van der Waals surface area (Å²) in [7, 11) is 0. The lowest BCUT2D eigenvalue weighted by Gasteiger charge is -2.07. The minimum absolute atomic E-state index is 0.119. The van der Waals surface area contributed by atoms with Gasteiger partial charge < -0.3 is 10.6 Å². The SMILES string of the molecule is CSc1ccc(C(=O)NCC(=O)Nc2cccnc2)cc1[N+](=O)[O-]. The predicted molar refractivity (Wildman–Crippen MR) is 90.1 cm³/mol. The van der Waals surface area contributed by atoms with Gasteiger partial charge in [-0.25, -0.2) is 0 Å². The van der Waals surface area contributed by atoms with Crippen LogP contribution < -0.4 is 10.6 Å². The lowest BCUT2D eigenvalue weighted by atomic mass is 10.2. The summed E-state index contributed by atoms with van der Waals surface area (Å²) in [6.07, 6.45) is 4.76. The van der Waals surface area contributed by atoms with E-state index in [2.05, 4.69) is 15.6 Å². The minimum Gasteiger partial charge on any atom is -0.343 e. The van der Waals surface area contributed by atoms with Gasteiger partial charge in [0.25, 0.3) is 11.6 Å². The van der Waals surface area contributed by atoms with Gasteiger partial charge in [-0.3, -0.25) is 24.7 Å². The summed E-state index contributed by atoms with van der Waals surface area (Å²) in [6.45, 7) is -0.258. The van der Waals surface area contributed by atoms with E-state index in [4.69, 9.17) is 0 Å². The summed E-state index contributed by atoms with van der Waals surface area (Å²) in [5, 5.41) is 16.0. The standard InChI is InChI=1S/C15H14N4O4S/c1-24-13-5-4-10(7-12(13)19(22)23)15(21)17-9-14(20)18-11-3-2-6-16-8-11/h2-8H,9H2,1H3,(H,17,21)(H,18,20). The molecule has 0 aliphatic carbocycles. The Hall–Kier alpha value is -2.94. The summed E-state index contributed by atoms with van der Waals surface area (Å²) in [6, 6.07) is 7.51. The molecule has 0 atom stereocenters. The molecule has 0 fully saturated rings. The number of thioether (sulfide) groups is 1. The monoisotopic (exact) mass is 346 g/mol. The van der Waals surface area contributed by atoms with Crippen molar-refractivity contribution in [2.45, 2.75) is 4.90 Å². The molecule has 0 saturated carbocycles. The van der Waals surface area contributed by atoms with E-state index in [0.717, 1.165) is 0 Å². The number of anilines is 1. The number of nitrogens with one attached hydrogen (secondary N) is 2. The van der Waals surface area contributed by atoms with E-state index in [1.165, 1.54) is 36.2 Å². The zero-order chi connectivity index (χ0) is 17.5. The summed E-state index contributed by atoms with van der Waals surface area (Å²) in [5.41, 5.74) is 0.486. The average Bonchev–Trinajstić information content (AvgIpc) is 2.59. The van der Waals surface area contributed by atoms with Crippen LogP contribution in [0, 0.1) is 10.1 Å². The Balaban J connectivity index is 1.98. The number of aromatic nitrogens is 1. The van der Waals surface area contributed by atoms with Crippen molar-refractivity contribution < 1.29 is 14.5 Å². The normalized spacial score (nSPS) is 10.0. The van der Waals surface area contributed by atoms with Crippen molar-refractivity contribution in [3.05, 3.63) is 58.4 Å². The van der Waals surface area contributed by atoms with Crippen LogP contribution in [0.2, 0.25) is 0 Å². The molecule has 2 N–H and O–H groups in total. The molecule has 1 aromatic carbocycles. The number of carbonyl (C=O) groups is 2. The van der Waals surface area contributed by atoms with Crippen molar-refractivity contribution in [2.75, 3.05) is 18.1 Å². The van der Waals surface area contributed by atoms with Crippen LogP contribution in [0.3, 0.4) is 0 Å². The molecule has 0 bridgehead atoms. The quantitative estimate of drug-likeness (QED) is 0.470. The molecule has 0 radical (unpaired) electrons. The van der Waals surface area contributed by atoms with E-state index >= 15 is 0 Å². The molecule has 0 aliphatic heterocycles. The number of nitrogens with zero attached hydrogens (tertiary/aromatic N) is 2. The Morgan fingerprint density at radius 1 is 1.33 bits per heavy atom. The average molecular weight is 346 g/mol. The van der Waals surface area contributed by atoms with Gasteiger partial charge in [0.05, 0.1) is 28.2 Å². The second-order valence-electron chi connectivity index (χ2n) is 4.62. The van der Waals surface area contributed by atoms with Crippen LogP contribution in [-0.2, 0) is 4.79 Å². The van der Waals surface area contributed by atoms with E-state index in [1.54, 1.807) is 24.6 Å². The molecule has 124 valence electrons. The van der Waals surface area contributed by atoms with Gasteiger partial charge in [0.1, 0.15) is 0 Å². The van der Waals surface area contributed by atoms with E-state index in [1.807, 2.05) is 0 Å². The molecular weight excluding hydrogens is 332 g/mol. The molecule has 0 unspecified atom stereocenters. The Labute approximate surface area is 141 Å². The molecule has 2 aromatic rings. The highest BCUT2D eigenvalue weighted by Gasteiger charge is 2.17. The van der Waals surface area contributed by atoms with Gasteiger partial charge in [0, 0.05) is 17.8 Å². The van der Waals surface area contributed by atoms with Gasteiger partial charge in [-0.1, -0.05) is 0 Å². The Bertz CT molecular complexity index is 767. The molecule has 0 spiro atoms. The number of carbonyl (C=O) groups excluding carboxylic acids is 2. The van der Waals surface area contributed by atoms with Crippen molar-refractivity contribution in [2.24, 2.45) is 0 Å². The first kappa shape index (κ1) is 17.4. The highest BCUT2D eigenvalue weighted by molar-refractivity contribution is 7.98. The summed E-state index contributed by atoms with van der Waals surface area (Å²) >= 11 is 1.22. The van der Waals surface area contributed by atoms with Gasteiger partial charge >= 0.3 is 0 Å². The minimum atomic E-state index is -0.563. The van der Waals surface area contributed by atoms with Crippen LogP contribution >= 0.6 is 11.8 Å². The van der Waals surface area contributed by atoms with Crippen LogP contribution in [0.4, 0.5) is 11.4 Å². The molecule has 0 saturated heterocycles. The number of nitro groups is 1. The van der Waals surface area contributed by atoms with Crippen LogP contribution in [0.25, 0.3) is 0 Å². The number of benzene rings is 1. The maximum Gasteiger partial charge on any atom is 0.283 e. The Kier molecular flexibility index (Phi) is 5.85. The molecule has 1 aromatic heterocycles. The van der Waals surface area contributed by atoms with Gasteiger partial charge in [0.15, 0.2) is 0 Å². The van der Waals surface area contributed by atoms with Gasteiger partial charge in [-0.2, -0.15) is 0 Å². The molecule has 8 nitrogen and oxygen atoms in total. The van der Waals surface area contributed by atoms with Crippen LogP contribution in [-0.4, -0.2) is 34.5 Å². The maximum atomic E-state index is 12.0. The van der Waals surface area contributed by atoms with Crippen LogP contribution in [0.1, 0.15) is 10.4 Å². The third-order valence-electron chi connectivity index (χ3n) is 2.99. The molecule has 0 aliphatic rings. The van der Waals surface area contributed by atoms with Gasteiger partial charge in [-0.05, 0) is 30.5 Å². The van der Waals surface area contributed by atoms with Crippen molar-refractivity contribution in [3.8, 4) is 0 Å². The summed E-state index contributed by atoms with van der Waals surface area (Å²) in [4.78, 5) is 38.6. The van der Waals surface area contributed by atoms with Crippen LogP contribution in [0.15, 0.2) is 47.6 Å². The van der Waals surface area contributed by atoms with Gasteiger partial charge in [0.2, 0.25) is 5.91 Å². The van der Waals surface area contributed by atoms with E-state index < -0.39 is 16.7 Å². The second-order valence-corrected chi connectivity index (χ2v) is 5.46. The van der Waals surface area contributed by atoms with E-state index in [0.29, 0.717) is 10.6 Å². The zero-order valence-electron chi connectivity index (χ0n) is 12.7. The van der Waals surface area contributed by atoms with Crippen LogP contribution in [0.5, 0.6) is 0 Å². The first-order valence-electron chi connectivity index (χ1n) is 6.81. The number of pyridine rings is 1. The van der Waals surface area contributed by atoms with Crippen molar-refractivity contribution >= 4 is 35.0 Å². The van der Waals surface area contributed by atoms with E-state index in [9.17, 15) is 19.7 Å². The number of amides is 2. The fraction of sp³-hybridized carbons (Fsp3) is 0.133. The topological polar surface area (TPSA) is 114 Å². The number of hydrogen-bond donors (Lipinski definition) is 2. The predicted octanol–water partition coefficient (Wildman–Crippen LogP) is 2.08. The second kappa shape index (κ2) is 8.06. The molecule has 9 heteroatoms. The zero-order valence-corrected chi connectivity index (χ0v) is 13.5. The molecule has 24 heavy (non-hydrogen) atoms. The highest BCUT2D eigenvalue weighted by atomic mass is 32.2. The fourth-order valence-corrected chi connectivity index (χ4v) is 2.43. The largest absolute Gasteiger partial charge is 0.343 e. The Morgan fingerprint density at radius 3 is 2.75 bits per heavy atom. The lowest BCUT2D eigenvalue weighted by Crippen LogP contribution is -2.32. The van der Waals surface area contributed by atoms with Crippen molar-refractivity contribution in [1.29, 1.82) is 0 Å². The maximum absolute atomic E-state index is 12.0. The molecular formula is C15H14N4O4S. The Morgan fingerprint density at radius 2 is 2.12 bits per heavy atom. The summed E-state index contributed by atoms with van der Waals surface area (Å²) in [5.74, 6) is -0.987. The van der Waals surface area contributed by atoms with Crippen molar-refractivity contribution in [1.82, 2.24) is 10.3 Å². The molecule has 1 heterocycles. The number of nitro benzene ring substituents is 1. The first-order valence-corrected chi connectivity index (χ1v) is 8.04. The summed E-state index contributed by atoms with van der Waals surface area (Å²) < 4.78 is 0. The third kappa shape index (κ3) is 4.53. The third-order valence-corrected chi connectivity index (χ3v) is 3.78. The van der Waals surface area contributed by atoms with E-state index in [-0.39, 0.29) is 17.8 Å². The van der Waals surface area contributed by atoms with Crippen molar-refractivity contribution in [3.63, 3.8) is 0 Å². The molecule has 2 amide bonds. The number of hydrogen-bond acceptors (Lipinski definition) is 6. The fourth-order valence-electron chi connectivity index (χ4n) is 1.88. The number of rotatable bonds is 6. The highest BCUT2D eigenvalue weighted by Crippen LogP contribution is 2.28. The first-order chi connectivity index (χ1) is 11.5. The smallest absolute Gasteiger partial charge is 0.283 e.